The van der Waals surface area contributed by atoms with Crippen LogP contribution in [0.3, 0.4) is 0 Å². The quantitative estimate of drug-likeness (QED) is 0.321. The van der Waals surface area contributed by atoms with Gasteiger partial charge in [0, 0.05) is 7.11 Å². The number of ether oxygens (including phenoxy) is 4. The first-order valence-corrected chi connectivity index (χ1v) is 10.4. The summed E-state index contributed by atoms with van der Waals surface area (Å²) in [5.74, 6) is 0. The molecule has 4 nitrogen and oxygen atoms in total. The molecule has 0 amide bonds. The number of methoxy groups -OCH3 is 1. The Hall–Kier alpha value is -1.20. The molecule has 0 radical (unpaired) electrons. The zero-order valence-corrected chi connectivity index (χ0v) is 16.8. The molecule has 4 heteroatoms. The third-order valence-electron chi connectivity index (χ3n) is 5.56. The number of unbranched alkanes of at least 4 members (excludes halogenated alkanes) is 5. The molecule has 0 aliphatic carbocycles. The molecule has 1 aromatic rings. The summed E-state index contributed by atoms with van der Waals surface area (Å²) >= 11 is 0. The predicted octanol–water partition coefficient (Wildman–Crippen LogP) is 4.67. The summed E-state index contributed by atoms with van der Waals surface area (Å²) < 4.78 is 23.9. The Bertz CT molecular complexity index is 567. The lowest BCUT2D eigenvalue weighted by Crippen LogP contribution is -2.56. The lowest BCUT2D eigenvalue weighted by atomic mass is 9.89. The monoisotopic (exact) mass is 374 g/mol. The van der Waals surface area contributed by atoms with Gasteiger partial charge in [-0.15, -0.1) is 0 Å². The van der Waals surface area contributed by atoms with Crippen molar-refractivity contribution in [3.05, 3.63) is 48.0 Å². The molecule has 150 valence electrons. The van der Waals surface area contributed by atoms with Crippen LogP contribution in [0.5, 0.6) is 0 Å². The molecule has 2 aliphatic heterocycles. The molecule has 4 atom stereocenters. The summed E-state index contributed by atoms with van der Waals surface area (Å²) in [4.78, 5) is 0. The lowest BCUT2D eigenvalue weighted by Gasteiger charge is -2.39. The summed E-state index contributed by atoms with van der Waals surface area (Å²) in [6, 6.07) is 10.2. The summed E-state index contributed by atoms with van der Waals surface area (Å²) in [5.41, 5.74) is 0.774. The van der Waals surface area contributed by atoms with Crippen molar-refractivity contribution in [3.8, 4) is 0 Å². The van der Waals surface area contributed by atoms with Gasteiger partial charge in [-0.2, -0.15) is 0 Å². The summed E-state index contributed by atoms with van der Waals surface area (Å²) in [6.45, 7) is 4.01. The first-order valence-electron chi connectivity index (χ1n) is 10.4. The van der Waals surface area contributed by atoms with Gasteiger partial charge < -0.3 is 18.9 Å². The van der Waals surface area contributed by atoms with Crippen LogP contribution in [0.15, 0.2) is 42.5 Å². The van der Waals surface area contributed by atoms with Crippen molar-refractivity contribution in [2.24, 2.45) is 0 Å². The van der Waals surface area contributed by atoms with Crippen molar-refractivity contribution < 1.29 is 18.9 Å². The maximum atomic E-state index is 6.12. The zero-order chi connectivity index (χ0) is 19.0. The Balaban J connectivity index is 1.49. The van der Waals surface area contributed by atoms with E-state index in [0.29, 0.717) is 19.8 Å². The van der Waals surface area contributed by atoms with Crippen molar-refractivity contribution >= 4 is 0 Å². The van der Waals surface area contributed by atoms with Crippen LogP contribution in [0, 0.1) is 0 Å². The highest BCUT2D eigenvalue weighted by Gasteiger charge is 2.63. The minimum atomic E-state index is -0.382. The smallest absolute Gasteiger partial charge is 0.150 e. The highest BCUT2D eigenvalue weighted by atomic mass is 16.7. The molecule has 27 heavy (non-hydrogen) atoms. The van der Waals surface area contributed by atoms with Crippen molar-refractivity contribution in [3.63, 3.8) is 0 Å². The lowest BCUT2D eigenvalue weighted by molar-refractivity contribution is -0.186. The molecule has 0 bridgehead atoms. The second kappa shape index (κ2) is 10.4. The van der Waals surface area contributed by atoms with E-state index >= 15 is 0 Å². The van der Waals surface area contributed by atoms with Crippen LogP contribution >= 0.6 is 0 Å². The first-order chi connectivity index (χ1) is 13.3. The topological polar surface area (TPSA) is 40.2 Å². The second-order valence-electron chi connectivity index (χ2n) is 7.62. The molecule has 0 saturated carbocycles. The third kappa shape index (κ3) is 5.41. The van der Waals surface area contributed by atoms with E-state index in [1.54, 1.807) is 7.11 Å². The largest absolute Gasteiger partial charge is 0.375 e. The minimum Gasteiger partial charge on any atom is -0.375 e. The summed E-state index contributed by atoms with van der Waals surface area (Å²) in [7, 11) is 1.74. The zero-order valence-electron chi connectivity index (χ0n) is 16.8. The van der Waals surface area contributed by atoms with Crippen molar-refractivity contribution in [2.75, 3.05) is 20.3 Å². The summed E-state index contributed by atoms with van der Waals surface area (Å²) in [6.07, 6.45) is 11.8. The molecular formula is C23H34O4. The number of epoxide rings is 1. The van der Waals surface area contributed by atoms with Gasteiger partial charge in [-0.05, 0) is 18.4 Å². The van der Waals surface area contributed by atoms with Crippen LogP contribution < -0.4 is 0 Å². The predicted molar refractivity (Wildman–Crippen MR) is 107 cm³/mol. The van der Waals surface area contributed by atoms with E-state index in [2.05, 4.69) is 31.2 Å². The third-order valence-corrected chi connectivity index (χ3v) is 5.56. The Morgan fingerprint density at radius 2 is 1.93 bits per heavy atom. The van der Waals surface area contributed by atoms with Gasteiger partial charge in [-0.25, -0.2) is 0 Å². The highest BCUT2D eigenvalue weighted by Crippen LogP contribution is 2.43. The standard InChI is InChI=1S/C23H34O4/c1-3-4-5-6-7-8-12-15-21-23(18-27-23)22(24-2)20(17-26-21)25-16-19-13-10-9-11-14-19/h9-15,20-22H,3-8,16-18H2,1-2H3/b15-12+/t20-,21+,22+,23+/m1/s1. The molecule has 0 unspecified atom stereocenters. The fourth-order valence-corrected chi connectivity index (χ4v) is 3.88. The van der Waals surface area contributed by atoms with Gasteiger partial charge >= 0.3 is 0 Å². The van der Waals surface area contributed by atoms with Gasteiger partial charge in [-0.3, -0.25) is 0 Å². The van der Waals surface area contributed by atoms with E-state index in [0.717, 1.165) is 12.0 Å². The van der Waals surface area contributed by atoms with E-state index < -0.39 is 0 Å². The Kier molecular flexibility index (Phi) is 7.89. The molecule has 2 heterocycles. The first kappa shape index (κ1) is 20.5. The van der Waals surface area contributed by atoms with Crippen molar-refractivity contribution in [1.29, 1.82) is 0 Å². The van der Waals surface area contributed by atoms with Gasteiger partial charge in [0.2, 0.25) is 0 Å². The minimum absolute atomic E-state index is 0.0466. The van der Waals surface area contributed by atoms with Gasteiger partial charge in [0.05, 0.1) is 19.8 Å². The number of hydrogen-bond acceptors (Lipinski definition) is 4. The summed E-state index contributed by atoms with van der Waals surface area (Å²) in [5, 5.41) is 0. The maximum Gasteiger partial charge on any atom is 0.150 e. The van der Waals surface area contributed by atoms with Crippen molar-refractivity contribution in [1.82, 2.24) is 0 Å². The van der Waals surface area contributed by atoms with E-state index in [1.165, 1.54) is 32.1 Å². The fourth-order valence-electron chi connectivity index (χ4n) is 3.88. The molecule has 2 aliphatic rings. The van der Waals surface area contributed by atoms with Crippen LogP contribution in [0.1, 0.15) is 51.0 Å². The van der Waals surface area contributed by atoms with E-state index in [4.69, 9.17) is 18.9 Å². The van der Waals surface area contributed by atoms with E-state index in [9.17, 15) is 0 Å². The molecule has 3 rings (SSSR count). The number of allylic oxidation sites excluding steroid dienone is 1. The average Bonchev–Trinajstić information content (AvgIpc) is 3.48. The SMILES string of the molecule is CCCCCCC/C=C/[C@@H]1OC[C@@H](OCc2ccccc2)[C@H](OC)[C@]12CO2. The fraction of sp³-hybridized carbons (Fsp3) is 0.652. The Morgan fingerprint density at radius 1 is 1.15 bits per heavy atom. The van der Waals surface area contributed by atoms with Gasteiger partial charge in [-0.1, -0.05) is 75.1 Å². The second-order valence-corrected chi connectivity index (χ2v) is 7.62. The number of benzene rings is 1. The molecular weight excluding hydrogens is 340 g/mol. The number of hydrogen-bond donors (Lipinski definition) is 0. The Morgan fingerprint density at radius 3 is 2.63 bits per heavy atom. The van der Waals surface area contributed by atoms with Gasteiger partial charge in [0.25, 0.3) is 0 Å². The van der Waals surface area contributed by atoms with Crippen LogP contribution in [-0.2, 0) is 25.6 Å². The van der Waals surface area contributed by atoms with Crippen LogP contribution in [-0.4, -0.2) is 44.2 Å². The van der Waals surface area contributed by atoms with Crippen molar-refractivity contribution in [2.45, 2.75) is 76.0 Å². The molecule has 2 saturated heterocycles. The average molecular weight is 375 g/mol. The molecule has 1 spiro atoms. The van der Waals surface area contributed by atoms with Gasteiger partial charge in [0.1, 0.15) is 23.9 Å². The van der Waals surface area contributed by atoms with E-state index in [-0.39, 0.29) is 23.9 Å². The maximum absolute atomic E-state index is 6.12. The normalized spacial score (nSPS) is 30.2. The van der Waals surface area contributed by atoms with Crippen LogP contribution in [0.2, 0.25) is 0 Å². The van der Waals surface area contributed by atoms with Crippen LogP contribution in [0.25, 0.3) is 0 Å². The molecule has 1 aromatic carbocycles. The molecule has 0 N–H and O–H groups in total. The number of rotatable bonds is 11. The molecule has 0 aromatic heterocycles. The van der Waals surface area contributed by atoms with E-state index in [1.807, 2.05) is 18.2 Å². The van der Waals surface area contributed by atoms with Crippen LogP contribution in [0.4, 0.5) is 0 Å². The van der Waals surface area contributed by atoms with Gasteiger partial charge in [0.15, 0.2) is 0 Å². The Labute approximate surface area is 163 Å². The highest BCUT2D eigenvalue weighted by molar-refractivity contribution is 5.17. The molecule has 2 fully saturated rings.